The fourth-order valence-corrected chi connectivity index (χ4v) is 2.64. The molecule has 1 aromatic rings. The van der Waals surface area contributed by atoms with E-state index < -0.39 is 12.2 Å². The van der Waals surface area contributed by atoms with Crippen molar-refractivity contribution >= 4 is 5.91 Å². The molecule has 1 aromatic heterocycles. The number of hydrogen-bond donors (Lipinski definition) is 1. The predicted octanol–water partition coefficient (Wildman–Crippen LogP) is 1.45. The van der Waals surface area contributed by atoms with E-state index in [1.165, 1.54) is 11.9 Å². The fourth-order valence-electron chi connectivity index (χ4n) is 2.64. The molecule has 0 saturated carbocycles. The van der Waals surface area contributed by atoms with Gasteiger partial charge in [0.2, 0.25) is 11.8 Å². The minimum Gasteiger partial charge on any atom is -0.352 e. The van der Waals surface area contributed by atoms with Crippen LogP contribution < -0.4 is 5.32 Å². The number of likely N-dealkylation sites (tertiary alicyclic amines) is 1. The number of carbonyl (C=O) groups excluding carboxylic acids is 1. The van der Waals surface area contributed by atoms with Gasteiger partial charge in [-0.15, -0.1) is 0 Å². The van der Waals surface area contributed by atoms with Crippen molar-refractivity contribution < 1.29 is 22.5 Å². The van der Waals surface area contributed by atoms with E-state index in [9.17, 15) is 18.0 Å². The van der Waals surface area contributed by atoms with Crippen LogP contribution in [0.25, 0.3) is 0 Å². The first-order chi connectivity index (χ1) is 10.3. The fraction of sp³-hybridized carbons (Fsp3) is 0.769. The topological polar surface area (TPSA) is 71.3 Å². The Labute approximate surface area is 126 Å². The third kappa shape index (κ3) is 4.43. The van der Waals surface area contributed by atoms with E-state index in [1.807, 2.05) is 0 Å². The number of rotatable bonds is 4. The summed E-state index contributed by atoms with van der Waals surface area (Å²) in [7, 11) is 1.43. The van der Waals surface area contributed by atoms with Crippen LogP contribution in [0.3, 0.4) is 0 Å². The summed E-state index contributed by atoms with van der Waals surface area (Å²) in [6, 6.07) is -1.69. The number of nitrogens with zero attached hydrogens (tertiary/aromatic N) is 3. The quantitative estimate of drug-likeness (QED) is 0.909. The summed E-state index contributed by atoms with van der Waals surface area (Å²) in [4.78, 5) is 17.1. The second-order valence-electron chi connectivity index (χ2n) is 5.57. The minimum absolute atomic E-state index is 0.00615. The molecule has 1 saturated heterocycles. The zero-order valence-corrected chi connectivity index (χ0v) is 12.5. The summed E-state index contributed by atoms with van der Waals surface area (Å²) in [6.07, 6.45) is -3.42. The number of nitrogens with one attached hydrogen (secondary N) is 1. The Hall–Kier alpha value is -1.64. The molecule has 0 radical (unpaired) electrons. The summed E-state index contributed by atoms with van der Waals surface area (Å²) in [5.74, 6) is 0.660. The molecular weight excluding hydrogens is 301 g/mol. The van der Waals surface area contributed by atoms with Crippen LogP contribution in [0.4, 0.5) is 13.2 Å². The second-order valence-corrected chi connectivity index (χ2v) is 5.57. The third-order valence-corrected chi connectivity index (χ3v) is 3.71. The van der Waals surface area contributed by atoms with Gasteiger partial charge in [0.1, 0.15) is 6.04 Å². The van der Waals surface area contributed by atoms with E-state index in [-0.39, 0.29) is 31.3 Å². The first-order valence-electron chi connectivity index (χ1n) is 7.11. The van der Waals surface area contributed by atoms with Gasteiger partial charge in [0.05, 0.1) is 0 Å². The summed E-state index contributed by atoms with van der Waals surface area (Å²) in [5, 5.41) is 6.38. The maximum Gasteiger partial charge on any atom is 0.404 e. The second kappa shape index (κ2) is 6.64. The highest BCUT2D eigenvalue weighted by molar-refractivity contribution is 5.76. The van der Waals surface area contributed by atoms with Gasteiger partial charge in [0, 0.05) is 25.4 Å². The molecule has 1 aliphatic heterocycles. The van der Waals surface area contributed by atoms with E-state index >= 15 is 0 Å². The van der Waals surface area contributed by atoms with Crippen molar-refractivity contribution in [3.63, 3.8) is 0 Å². The van der Waals surface area contributed by atoms with Gasteiger partial charge in [-0.05, 0) is 26.8 Å². The minimum atomic E-state index is -4.22. The zero-order valence-electron chi connectivity index (χ0n) is 12.5. The van der Waals surface area contributed by atoms with Crippen molar-refractivity contribution in [1.82, 2.24) is 20.4 Å². The van der Waals surface area contributed by atoms with Gasteiger partial charge in [-0.3, -0.25) is 9.69 Å². The number of piperidine rings is 1. The number of amides is 1. The maximum atomic E-state index is 12.7. The Morgan fingerprint density at radius 3 is 2.73 bits per heavy atom. The molecule has 124 valence electrons. The number of carbonyl (C=O) groups is 1. The zero-order chi connectivity index (χ0) is 16.3. The molecule has 6 nitrogen and oxygen atoms in total. The highest BCUT2D eigenvalue weighted by Crippen LogP contribution is 2.30. The molecule has 1 fully saturated rings. The maximum absolute atomic E-state index is 12.7. The molecule has 2 heterocycles. The van der Waals surface area contributed by atoms with Crippen LogP contribution in [-0.2, 0) is 11.2 Å². The van der Waals surface area contributed by atoms with Crippen LogP contribution in [0.1, 0.15) is 31.0 Å². The number of aromatic nitrogens is 2. The first-order valence-corrected chi connectivity index (χ1v) is 7.11. The third-order valence-electron chi connectivity index (χ3n) is 3.71. The lowest BCUT2D eigenvalue weighted by Crippen LogP contribution is -2.54. The monoisotopic (exact) mass is 320 g/mol. The van der Waals surface area contributed by atoms with Crippen molar-refractivity contribution in [2.45, 2.75) is 50.9 Å². The molecule has 0 unspecified atom stereocenters. The molecule has 22 heavy (non-hydrogen) atoms. The summed E-state index contributed by atoms with van der Waals surface area (Å²) in [6.45, 7) is 1.87. The molecule has 0 bridgehead atoms. The largest absolute Gasteiger partial charge is 0.404 e. The van der Waals surface area contributed by atoms with E-state index in [0.29, 0.717) is 24.6 Å². The van der Waals surface area contributed by atoms with Crippen LogP contribution in [0, 0.1) is 6.92 Å². The summed E-state index contributed by atoms with van der Waals surface area (Å²) in [5.41, 5.74) is 0. The highest BCUT2D eigenvalue weighted by Gasteiger charge is 2.44. The number of hydrogen-bond acceptors (Lipinski definition) is 5. The summed E-state index contributed by atoms with van der Waals surface area (Å²) >= 11 is 0. The molecule has 1 aliphatic rings. The molecule has 9 heteroatoms. The van der Waals surface area contributed by atoms with Crippen LogP contribution >= 0.6 is 0 Å². The molecule has 0 spiro atoms. The van der Waals surface area contributed by atoms with Gasteiger partial charge >= 0.3 is 6.18 Å². The van der Waals surface area contributed by atoms with E-state index in [1.54, 1.807) is 6.92 Å². The van der Waals surface area contributed by atoms with Crippen molar-refractivity contribution in [3.8, 4) is 0 Å². The van der Waals surface area contributed by atoms with Crippen molar-refractivity contribution in [3.05, 3.63) is 11.7 Å². The number of likely N-dealkylation sites (N-methyl/N-ethyl adjacent to an activating group) is 1. The average molecular weight is 320 g/mol. The van der Waals surface area contributed by atoms with Crippen molar-refractivity contribution in [2.24, 2.45) is 0 Å². The average Bonchev–Trinajstić information content (AvgIpc) is 2.81. The molecule has 0 aromatic carbocycles. The van der Waals surface area contributed by atoms with Crippen LogP contribution in [0.2, 0.25) is 0 Å². The Bertz CT molecular complexity index is 518. The number of halogens is 3. The van der Waals surface area contributed by atoms with Gasteiger partial charge < -0.3 is 9.84 Å². The lowest BCUT2D eigenvalue weighted by Gasteiger charge is -2.38. The van der Waals surface area contributed by atoms with Gasteiger partial charge in [-0.1, -0.05) is 5.16 Å². The molecule has 1 amide bonds. The van der Waals surface area contributed by atoms with Gasteiger partial charge in [-0.25, -0.2) is 0 Å². The molecule has 1 N–H and O–H groups in total. The van der Waals surface area contributed by atoms with Gasteiger partial charge in [0.15, 0.2) is 5.82 Å². The Kier molecular flexibility index (Phi) is 5.05. The van der Waals surface area contributed by atoms with E-state index in [2.05, 4.69) is 15.5 Å². The predicted molar refractivity (Wildman–Crippen MR) is 71.0 cm³/mol. The Morgan fingerprint density at radius 2 is 2.18 bits per heavy atom. The van der Waals surface area contributed by atoms with Gasteiger partial charge in [0.25, 0.3) is 0 Å². The van der Waals surface area contributed by atoms with Crippen molar-refractivity contribution in [1.29, 1.82) is 0 Å². The van der Waals surface area contributed by atoms with Crippen LogP contribution in [0.15, 0.2) is 4.52 Å². The van der Waals surface area contributed by atoms with Crippen molar-refractivity contribution in [2.75, 3.05) is 13.6 Å². The smallest absolute Gasteiger partial charge is 0.352 e. The lowest BCUT2D eigenvalue weighted by molar-refractivity contribution is -0.188. The van der Waals surface area contributed by atoms with E-state index in [4.69, 9.17) is 4.52 Å². The number of aryl methyl sites for hydroxylation is 2. The number of alkyl halides is 3. The summed E-state index contributed by atoms with van der Waals surface area (Å²) < 4.78 is 43.1. The molecule has 2 atom stereocenters. The standard InChI is InChI=1S/C13H19F3N4O2/c1-8-17-12(22-19-8)6-5-11(21)18-9-3-4-10(13(14,15)16)20(2)7-9/h9-10H,3-7H2,1-2H3,(H,18,21)/t9-,10+/m0/s1. The molecular formula is C13H19F3N4O2. The Morgan fingerprint density at radius 1 is 1.45 bits per heavy atom. The first kappa shape index (κ1) is 16.7. The van der Waals surface area contributed by atoms with E-state index in [0.717, 1.165) is 0 Å². The molecule has 2 rings (SSSR count). The molecule has 0 aliphatic carbocycles. The normalized spacial score (nSPS) is 23.5. The van der Waals surface area contributed by atoms with Crippen LogP contribution in [-0.4, -0.2) is 52.8 Å². The lowest BCUT2D eigenvalue weighted by atomic mass is 9.98. The highest BCUT2D eigenvalue weighted by atomic mass is 19.4. The van der Waals surface area contributed by atoms with Gasteiger partial charge in [-0.2, -0.15) is 18.2 Å². The van der Waals surface area contributed by atoms with Crippen LogP contribution in [0.5, 0.6) is 0 Å². The SMILES string of the molecule is Cc1noc(CCC(=O)N[C@H]2CC[C@H](C(F)(F)F)N(C)C2)n1. The Balaban J connectivity index is 1.76.